The molecule has 1 aromatic carbocycles. The number of carbonyl (C=O) groups excluding carboxylic acids is 2. The molecule has 0 atom stereocenters. The maximum atomic E-state index is 12.4. The highest BCUT2D eigenvalue weighted by molar-refractivity contribution is 7.21. The van der Waals surface area contributed by atoms with E-state index in [0.717, 1.165) is 36.4 Å². The van der Waals surface area contributed by atoms with Crippen molar-refractivity contribution in [2.45, 2.75) is 51.5 Å². The van der Waals surface area contributed by atoms with E-state index in [9.17, 15) is 9.59 Å². The van der Waals surface area contributed by atoms with Gasteiger partial charge in [0.25, 0.3) is 0 Å². The zero-order chi connectivity index (χ0) is 18.8. The summed E-state index contributed by atoms with van der Waals surface area (Å²) in [5, 5.41) is 2.55. The lowest BCUT2D eigenvalue weighted by atomic mass is 10.0. The lowest BCUT2D eigenvalue weighted by Crippen LogP contribution is -2.32. The van der Waals surface area contributed by atoms with Crippen molar-refractivity contribution in [2.75, 3.05) is 19.6 Å². The maximum absolute atomic E-state index is 12.4. The highest BCUT2D eigenvalue weighted by atomic mass is 32.1. The Morgan fingerprint density at radius 1 is 0.821 bits per heavy atom. The summed E-state index contributed by atoms with van der Waals surface area (Å²) in [6.45, 7) is 4.42. The molecular weight excluding hydrogens is 368 g/mol. The van der Waals surface area contributed by atoms with Gasteiger partial charge in [0.2, 0.25) is 0 Å². The van der Waals surface area contributed by atoms with Gasteiger partial charge in [0, 0.05) is 42.3 Å². The van der Waals surface area contributed by atoms with Gasteiger partial charge in [-0.1, -0.05) is 6.42 Å². The molecule has 1 aliphatic heterocycles. The number of rotatable bonds is 3. The molecule has 0 saturated carbocycles. The van der Waals surface area contributed by atoms with Crippen molar-refractivity contribution in [1.29, 1.82) is 0 Å². The van der Waals surface area contributed by atoms with Crippen LogP contribution in [0.3, 0.4) is 0 Å². The van der Waals surface area contributed by atoms with E-state index < -0.39 is 0 Å². The smallest absolute Gasteiger partial charge is 0.173 e. The van der Waals surface area contributed by atoms with Gasteiger partial charge in [-0.25, -0.2) is 0 Å². The molecule has 5 heteroatoms. The highest BCUT2D eigenvalue weighted by Gasteiger charge is 2.31. The van der Waals surface area contributed by atoms with Gasteiger partial charge in [0.1, 0.15) is 4.83 Å². The number of benzene rings is 1. The number of likely N-dealkylation sites (tertiary alicyclic amines) is 1. The fraction of sp³-hybridized carbons (Fsp3) is 0.478. The molecule has 0 bridgehead atoms. The summed E-state index contributed by atoms with van der Waals surface area (Å²) in [6, 6.07) is 4.20. The zero-order valence-electron chi connectivity index (χ0n) is 16.1. The molecule has 6 rings (SSSR count). The van der Waals surface area contributed by atoms with Gasteiger partial charge in [-0.2, -0.15) is 0 Å². The number of aromatic nitrogens is 1. The number of fused-ring (bicyclic) bond motifs is 7. The number of carbonyl (C=O) groups is 2. The van der Waals surface area contributed by atoms with E-state index in [1.165, 1.54) is 64.6 Å². The lowest BCUT2D eigenvalue weighted by molar-refractivity contribution is 0.0988. The van der Waals surface area contributed by atoms with Crippen molar-refractivity contribution in [1.82, 2.24) is 9.47 Å². The van der Waals surface area contributed by atoms with Crippen molar-refractivity contribution in [2.24, 2.45) is 0 Å². The Hall–Kier alpha value is -1.98. The van der Waals surface area contributed by atoms with Crippen molar-refractivity contribution in [3.05, 3.63) is 33.7 Å². The Kier molecular flexibility index (Phi) is 3.78. The lowest BCUT2D eigenvalue weighted by Gasteiger charge is -2.26. The molecule has 1 fully saturated rings. The minimum Gasteiger partial charge on any atom is -0.331 e. The fourth-order valence-electron chi connectivity index (χ4n) is 5.50. The van der Waals surface area contributed by atoms with Crippen LogP contribution in [0.4, 0.5) is 0 Å². The summed E-state index contributed by atoms with van der Waals surface area (Å²) in [5.41, 5.74) is 4.64. The number of hydrogen-bond donors (Lipinski definition) is 0. The SMILES string of the molecule is O=C1CCc2c1ccc1c2c2c3c(sc2n1CCN1CCCCC1)C(=O)CC3. The minimum absolute atomic E-state index is 0.272. The first-order chi connectivity index (χ1) is 13.7. The molecule has 1 saturated heterocycles. The molecule has 0 amide bonds. The maximum Gasteiger partial charge on any atom is 0.173 e. The normalized spacial score (nSPS) is 19.9. The summed E-state index contributed by atoms with van der Waals surface area (Å²) in [5.74, 6) is 0.574. The molecular formula is C23H24N2O2S. The van der Waals surface area contributed by atoms with E-state index in [1.807, 2.05) is 6.07 Å². The standard InChI is InChI=1S/C23H24N2O2S/c26-18-8-5-15-14(18)4-7-17-20(15)21-16-6-9-19(27)22(16)28-23(21)25(17)13-12-24-10-2-1-3-11-24/h4,7H,1-3,5-6,8-13H2. The summed E-state index contributed by atoms with van der Waals surface area (Å²) in [7, 11) is 0. The average molecular weight is 393 g/mol. The Bertz CT molecular complexity index is 1150. The van der Waals surface area contributed by atoms with Crippen LogP contribution in [0.1, 0.15) is 63.3 Å². The van der Waals surface area contributed by atoms with E-state index in [0.29, 0.717) is 18.6 Å². The number of piperidine rings is 1. The van der Waals surface area contributed by atoms with Crippen LogP contribution in [0.15, 0.2) is 12.1 Å². The second-order valence-electron chi connectivity index (χ2n) is 8.48. The third-order valence-corrected chi connectivity index (χ3v) is 8.21. The molecule has 2 aliphatic carbocycles. The first kappa shape index (κ1) is 16.9. The van der Waals surface area contributed by atoms with E-state index >= 15 is 0 Å². The van der Waals surface area contributed by atoms with Crippen LogP contribution in [-0.4, -0.2) is 40.7 Å². The van der Waals surface area contributed by atoms with Crippen molar-refractivity contribution < 1.29 is 9.59 Å². The molecule has 144 valence electrons. The third-order valence-electron chi connectivity index (χ3n) is 6.91. The van der Waals surface area contributed by atoms with E-state index in [2.05, 4.69) is 15.5 Å². The van der Waals surface area contributed by atoms with Crippen LogP contribution >= 0.6 is 11.3 Å². The van der Waals surface area contributed by atoms with Crippen molar-refractivity contribution in [3.8, 4) is 0 Å². The highest BCUT2D eigenvalue weighted by Crippen LogP contribution is 2.45. The van der Waals surface area contributed by atoms with Gasteiger partial charge < -0.3 is 9.47 Å². The Morgan fingerprint density at radius 3 is 2.46 bits per heavy atom. The Balaban J connectivity index is 1.55. The number of thiophene rings is 1. The molecule has 0 unspecified atom stereocenters. The van der Waals surface area contributed by atoms with E-state index in [1.54, 1.807) is 11.3 Å². The number of ketones is 2. The van der Waals surface area contributed by atoms with E-state index in [4.69, 9.17) is 0 Å². The number of aryl methyl sites for hydroxylation is 2. The second-order valence-corrected chi connectivity index (χ2v) is 9.48. The molecule has 3 aliphatic rings. The number of hydrogen-bond acceptors (Lipinski definition) is 4. The van der Waals surface area contributed by atoms with Crippen LogP contribution in [0.2, 0.25) is 0 Å². The second kappa shape index (κ2) is 6.26. The molecule has 28 heavy (non-hydrogen) atoms. The summed E-state index contributed by atoms with van der Waals surface area (Å²) in [4.78, 5) is 29.5. The molecule has 4 nitrogen and oxygen atoms in total. The number of Topliss-reactive ketones (excluding diaryl/α,β-unsaturated/α-hetero) is 2. The first-order valence-electron chi connectivity index (χ1n) is 10.6. The van der Waals surface area contributed by atoms with Crippen LogP contribution < -0.4 is 0 Å². The zero-order valence-corrected chi connectivity index (χ0v) is 16.9. The minimum atomic E-state index is 0.272. The summed E-state index contributed by atoms with van der Waals surface area (Å²) in [6.07, 6.45) is 6.93. The van der Waals surface area contributed by atoms with Crippen LogP contribution in [0, 0.1) is 0 Å². The molecule has 0 spiro atoms. The van der Waals surface area contributed by atoms with Crippen molar-refractivity contribution >= 4 is 44.0 Å². The largest absolute Gasteiger partial charge is 0.331 e. The monoisotopic (exact) mass is 392 g/mol. The van der Waals surface area contributed by atoms with Gasteiger partial charge in [0.05, 0.1) is 10.4 Å². The van der Waals surface area contributed by atoms with Gasteiger partial charge in [0.15, 0.2) is 11.6 Å². The topological polar surface area (TPSA) is 42.3 Å². The van der Waals surface area contributed by atoms with Crippen LogP contribution in [-0.2, 0) is 19.4 Å². The number of nitrogens with zero attached hydrogens (tertiary/aromatic N) is 2. The first-order valence-corrected chi connectivity index (χ1v) is 11.4. The molecule has 0 radical (unpaired) electrons. The molecule has 0 N–H and O–H groups in total. The summed E-state index contributed by atoms with van der Waals surface area (Å²) < 4.78 is 2.44. The van der Waals surface area contributed by atoms with Gasteiger partial charge in [-0.05, 0) is 62.0 Å². The average Bonchev–Trinajstić information content (AvgIpc) is 3.43. The van der Waals surface area contributed by atoms with Crippen molar-refractivity contribution in [3.63, 3.8) is 0 Å². The molecule has 2 aromatic heterocycles. The van der Waals surface area contributed by atoms with Gasteiger partial charge in [-0.3, -0.25) is 9.59 Å². The fourth-order valence-corrected chi connectivity index (χ4v) is 6.87. The predicted octanol–water partition coefficient (Wildman–Crippen LogP) is 4.60. The Morgan fingerprint density at radius 2 is 1.61 bits per heavy atom. The quantitative estimate of drug-likeness (QED) is 0.654. The molecule has 3 aromatic rings. The van der Waals surface area contributed by atoms with Crippen LogP contribution in [0.5, 0.6) is 0 Å². The van der Waals surface area contributed by atoms with Crippen LogP contribution in [0.25, 0.3) is 21.1 Å². The Labute approximate surface area is 168 Å². The molecule has 3 heterocycles. The third kappa shape index (κ3) is 2.32. The van der Waals surface area contributed by atoms with Gasteiger partial charge in [-0.15, -0.1) is 11.3 Å². The van der Waals surface area contributed by atoms with E-state index in [-0.39, 0.29) is 5.78 Å². The summed E-state index contributed by atoms with van der Waals surface area (Å²) >= 11 is 1.69. The predicted molar refractivity (Wildman–Crippen MR) is 113 cm³/mol. The van der Waals surface area contributed by atoms with Gasteiger partial charge >= 0.3 is 0 Å².